The molecular formula is C13H21ClN2O2S. The molecule has 0 radical (unpaired) electrons. The molecule has 108 valence electrons. The van der Waals surface area contributed by atoms with Crippen molar-refractivity contribution in [2.45, 2.75) is 51.6 Å². The van der Waals surface area contributed by atoms with Crippen molar-refractivity contribution in [1.29, 1.82) is 0 Å². The van der Waals surface area contributed by atoms with Crippen molar-refractivity contribution in [3.63, 3.8) is 0 Å². The highest BCUT2D eigenvalue weighted by molar-refractivity contribution is 7.15. The van der Waals surface area contributed by atoms with Gasteiger partial charge in [-0.2, -0.15) is 0 Å². The standard InChI is InChI=1S/C13H20N2O2S.ClH/c1-9-4-5-10(2)15(9)13-14-8-11(18-13)6-7-12(16)17-3;/h8-10H,4-7H2,1-3H3;1H/t9-,10-;/m0./s1. The third-order valence-corrected chi connectivity index (χ3v) is 4.59. The van der Waals surface area contributed by atoms with Crippen LogP contribution in [0.4, 0.5) is 5.13 Å². The van der Waals surface area contributed by atoms with Gasteiger partial charge in [0.2, 0.25) is 0 Å². The van der Waals surface area contributed by atoms with Crippen LogP contribution in [-0.2, 0) is 16.0 Å². The predicted octanol–water partition coefficient (Wildman–Crippen LogP) is 3.05. The fourth-order valence-electron chi connectivity index (χ4n) is 2.43. The Kier molecular flexibility index (Phi) is 6.07. The number of hydrogen-bond donors (Lipinski definition) is 0. The molecule has 2 heterocycles. The Morgan fingerprint density at radius 1 is 1.47 bits per heavy atom. The van der Waals surface area contributed by atoms with E-state index in [0.717, 1.165) is 16.4 Å². The van der Waals surface area contributed by atoms with Gasteiger partial charge >= 0.3 is 5.97 Å². The molecule has 0 unspecified atom stereocenters. The zero-order chi connectivity index (χ0) is 13.1. The number of aryl methyl sites for hydroxylation is 1. The summed E-state index contributed by atoms with van der Waals surface area (Å²) in [4.78, 5) is 19.1. The first-order valence-corrected chi connectivity index (χ1v) is 7.23. The highest BCUT2D eigenvalue weighted by Crippen LogP contribution is 2.33. The second-order valence-corrected chi connectivity index (χ2v) is 5.96. The normalized spacial score (nSPS) is 22.2. The van der Waals surface area contributed by atoms with Gasteiger partial charge in [-0.25, -0.2) is 4.98 Å². The van der Waals surface area contributed by atoms with Crippen LogP contribution in [0, 0.1) is 0 Å². The van der Waals surface area contributed by atoms with Gasteiger partial charge in [-0.15, -0.1) is 23.7 Å². The van der Waals surface area contributed by atoms with Crippen molar-refractivity contribution in [3.8, 4) is 0 Å². The Balaban J connectivity index is 0.00000180. The number of carbonyl (C=O) groups is 1. The highest BCUT2D eigenvalue weighted by atomic mass is 35.5. The van der Waals surface area contributed by atoms with Crippen molar-refractivity contribution >= 4 is 34.8 Å². The number of aromatic nitrogens is 1. The zero-order valence-electron chi connectivity index (χ0n) is 11.6. The van der Waals surface area contributed by atoms with Gasteiger partial charge in [0.1, 0.15) is 0 Å². The Hall–Kier alpha value is -0.810. The number of anilines is 1. The molecule has 1 aromatic heterocycles. The van der Waals surface area contributed by atoms with Crippen molar-refractivity contribution in [1.82, 2.24) is 4.98 Å². The smallest absolute Gasteiger partial charge is 0.305 e. The van der Waals surface area contributed by atoms with E-state index in [1.807, 2.05) is 6.20 Å². The molecule has 0 spiro atoms. The average molecular weight is 305 g/mol. The van der Waals surface area contributed by atoms with Gasteiger partial charge in [-0.05, 0) is 33.1 Å². The first kappa shape index (κ1) is 16.2. The third-order valence-electron chi connectivity index (χ3n) is 3.52. The summed E-state index contributed by atoms with van der Waals surface area (Å²) in [5.41, 5.74) is 0. The minimum atomic E-state index is -0.159. The molecule has 19 heavy (non-hydrogen) atoms. The number of rotatable bonds is 4. The van der Waals surface area contributed by atoms with Crippen LogP contribution in [0.3, 0.4) is 0 Å². The lowest BCUT2D eigenvalue weighted by molar-refractivity contribution is -0.140. The molecule has 6 heteroatoms. The van der Waals surface area contributed by atoms with E-state index < -0.39 is 0 Å². The molecule has 1 aliphatic heterocycles. The fraction of sp³-hybridized carbons (Fsp3) is 0.692. The van der Waals surface area contributed by atoms with Gasteiger partial charge in [0.25, 0.3) is 0 Å². The van der Waals surface area contributed by atoms with Crippen LogP contribution in [-0.4, -0.2) is 30.1 Å². The number of esters is 1. The maximum Gasteiger partial charge on any atom is 0.305 e. The molecule has 1 saturated heterocycles. The first-order chi connectivity index (χ1) is 8.61. The van der Waals surface area contributed by atoms with E-state index in [1.165, 1.54) is 20.0 Å². The van der Waals surface area contributed by atoms with Crippen molar-refractivity contribution < 1.29 is 9.53 Å². The van der Waals surface area contributed by atoms with Gasteiger partial charge in [-0.1, -0.05) is 0 Å². The molecular weight excluding hydrogens is 284 g/mol. The van der Waals surface area contributed by atoms with Gasteiger partial charge in [-0.3, -0.25) is 4.79 Å². The highest BCUT2D eigenvalue weighted by Gasteiger charge is 2.29. The van der Waals surface area contributed by atoms with Gasteiger partial charge < -0.3 is 9.64 Å². The van der Waals surface area contributed by atoms with Crippen molar-refractivity contribution in [2.24, 2.45) is 0 Å². The van der Waals surface area contributed by atoms with E-state index in [0.29, 0.717) is 18.5 Å². The molecule has 2 atom stereocenters. The van der Waals surface area contributed by atoms with Crippen molar-refractivity contribution in [3.05, 3.63) is 11.1 Å². The summed E-state index contributed by atoms with van der Waals surface area (Å²) < 4.78 is 4.65. The lowest BCUT2D eigenvalue weighted by atomic mass is 10.2. The van der Waals surface area contributed by atoms with E-state index >= 15 is 0 Å². The van der Waals surface area contributed by atoms with E-state index in [4.69, 9.17) is 0 Å². The fourth-order valence-corrected chi connectivity index (χ4v) is 3.55. The minimum Gasteiger partial charge on any atom is -0.469 e. The Bertz CT molecular complexity index is 415. The monoisotopic (exact) mass is 304 g/mol. The molecule has 0 saturated carbocycles. The van der Waals surface area contributed by atoms with Crippen molar-refractivity contribution in [2.75, 3.05) is 12.0 Å². The number of thiazole rings is 1. The molecule has 0 bridgehead atoms. The van der Waals surface area contributed by atoms with Crippen LogP contribution in [0.25, 0.3) is 0 Å². The lowest BCUT2D eigenvalue weighted by Crippen LogP contribution is -2.32. The number of halogens is 1. The molecule has 0 aliphatic carbocycles. The maximum atomic E-state index is 11.1. The first-order valence-electron chi connectivity index (χ1n) is 6.41. The number of nitrogens with zero attached hydrogens (tertiary/aromatic N) is 2. The summed E-state index contributed by atoms with van der Waals surface area (Å²) >= 11 is 1.70. The second kappa shape index (κ2) is 7.10. The summed E-state index contributed by atoms with van der Waals surface area (Å²) in [7, 11) is 1.42. The number of methoxy groups -OCH3 is 1. The number of carbonyl (C=O) groups excluding carboxylic acids is 1. The minimum absolute atomic E-state index is 0. The molecule has 0 amide bonds. The van der Waals surface area contributed by atoms with Gasteiger partial charge in [0, 0.05) is 23.2 Å². The summed E-state index contributed by atoms with van der Waals surface area (Å²) in [6, 6.07) is 1.14. The van der Waals surface area contributed by atoms with Crippen LogP contribution >= 0.6 is 23.7 Å². The Morgan fingerprint density at radius 2 is 2.11 bits per heavy atom. The quantitative estimate of drug-likeness (QED) is 0.802. The third kappa shape index (κ3) is 3.83. The molecule has 1 aliphatic rings. The zero-order valence-corrected chi connectivity index (χ0v) is 13.2. The largest absolute Gasteiger partial charge is 0.469 e. The maximum absolute atomic E-state index is 11.1. The second-order valence-electron chi connectivity index (χ2n) is 4.87. The summed E-state index contributed by atoms with van der Waals surface area (Å²) in [5.74, 6) is -0.159. The van der Waals surface area contributed by atoms with E-state index in [-0.39, 0.29) is 18.4 Å². The lowest BCUT2D eigenvalue weighted by Gasteiger charge is -2.25. The SMILES string of the molecule is COC(=O)CCc1cnc(N2[C@@H](C)CC[C@@H]2C)s1.Cl. The van der Waals surface area contributed by atoms with Crippen LogP contribution in [0.1, 0.15) is 38.0 Å². The molecule has 4 nitrogen and oxygen atoms in total. The summed E-state index contributed by atoms with van der Waals surface area (Å²) in [6.45, 7) is 4.50. The van der Waals surface area contributed by atoms with Gasteiger partial charge in [0.05, 0.1) is 13.5 Å². The van der Waals surface area contributed by atoms with Gasteiger partial charge in [0.15, 0.2) is 5.13 Å². The number of hydrogen-bond acceptors (Lipinski definition) is 5. The Labute approximate surface area is 124 Å². The van der Waals surface area contributed by atoms with Crippen LogP contribution in [0.2, 0.25) is 0 Å². The van der Waals surface area contributed by atoms with Crippen LogP contribution in [0.15, 0.2) is 6.20 Å². The predicted molar refractivity (Wildman–Crippen MR) is 80.3 cm³/mol. The molecule has 1 fully saturated rings. The van der Waals surface area contributed by atoms with Crippen LogP contribution < -0.4 is 4.90 Å². The number of ether oxygens (including phenoxy) is 1. The molecule has 0 N–H and O–H groups in total. The topological polar surface area (TPSA) is 42.4 Å². The summed E-state index contributed by atoms with van der Waals surface area (Å²) in [6.07, 6.45) is 5.52. The summed E-state index contributed by atoms with van der Waals surface area (Å²) in [5, 5.41) is 1.09. The van der Waals surface area contributed by atoms with E-state index in [9.17, 15) is 4.79 Å². The molecule has 0 aromatic carbocycles. The Morgan fingerprint density at radius 3 is 2.68 bits per heavy atom. The van der Waals surface area contributed by atoms with Crippen LogP contribution in [0.5, 0.6) is 0 Å². The molecule has 2 rings (SSSR count). The van der Waals surface area contributed by atoms with E-state index in [2.05, 4.69) is 28.5 Å². The average Bonchev–Trinajstić information content (AvgIpc) is 2.93. The van der Waals surface area contributed by atoms with E-state index in [1.54, 1.807) is 11.3 Å². The molecule has 1 aromatic rings.